The summed E-state index contributed by atoms with van der Waals surface area (Å²) in [7, 11) is 0. The van der Waals surface area contributed by atoms with Crippen molar-refractivity contribution in [2.24, 2.45) is 11.3 Å². The summed E-state index contributed by atoms with van der Waals surface area (Å²) in [6.45, 7) is 5.64. The Labute approximate surface area is 131 Å². The van der Waals surface area contributed by atoms with Gasteiger partial charge < -0.3 is 20.1 Å². The maximum atomic E-state index is 12.5. The number of carbonyl (C=O) groups excluding carboxylic acids is 1. The molecular weight excluding hydrogens is 284 g/mol. The molecule has 0 aromatic heterocycles. The number of rotatable bonds is 2. The highest BCUT2D eigenvalue weighted by Crippen LogP contribution is 2.48. The molecular formula is C16H26N2O4. The van der Waals surface area contributed by atoms with Crippen molar-refractivity contribution in [2.75, 3.05) is 19.7 Å². The summed E-state index contributed by atoms with van der Waals surface area (Å²) in [4.78, 5) is 25.9. The van der Waals surface area contributed by atoms with Crippen LogP contribution in [-0.4, -0.2) is 53.3 Å². The number of carbonyl (C=O) groups is 2. The van der Waals surface area contributed by atoms with Crippen LogP contribution in [0.15, 0.2) is 0 Å². The second kappa shape index (κ2) is 5.41. The van der Waals surface area contributed by atoms with E-state index in [1.165, 1.54) is 0 Å². The summed E-state index contributed by atoms with van der Waals surface area (Å²) in [6, 6.07) is -0.00445. The molecule has 2 heterocycles. The van der Waals surface area contributed by atoms with Crippen LogP contribution in [0.2, 0.25) is 0 Å². The van der Waals surface area contributed by atoms with Gasteiger partial charge in [-0.05, 0) is 45.4 Å². The number of ether oxygens (including phenoxy) is 1. The van der Waals surface area contributed by atoms with E-state index in [4.69, 9.17) is 4.74 Å². The third-order valence-electron chi connectivity index (χ3n) is 5.61. The zero-order valence-electron chi connectivity index (χ0n) is 13.4. The highest BCUT2D eigenvalue weighted by molar-refractivity contribution is 5.80. The predicted molar refractivity (Wildman–Crippen MR) is 80.6 cm³/mol. The maximum Gasteiger partial charge on any atom is 0.317 e. The fourth-order valence-electron chi connectivity index (χ4n) is 4.41. The van der Waals surface area contributed by atoms with Gasteiger partial charge >= 0.3 is 12.0 Å². The van der Waals surface area contributed by atoms with Crippen LogP contribution >= 0.6 is 0 Å². The van der Waals surface area contributed by atoms with Gasteiger partial charge in [-0.1, -0.05) is 6.42 Å². The van der Waals surface area contributed by atoms with Gasteiger partial charge in [-0.15, -0.1) is 0 Å². The van der Waals surface area contributed by atoms with Gasteiger partial charge in [0, 0.05) is 25.7 Å². The minimum absolute atomic E-state index is 0.109. The first-order valence-electron chi connectivity index (χ1n) is 8.25. The molecule has 0 aromatic carbocycles. The molecule has 0 aromatic rings. The third-order valence-corrected chi connectivity index (χ3v) is 5.61. The molecule has 0 spiro atoms. The van der Waals surface area contributed by atoms with Crippen LogP contribution in [0.5, 0.6) is 0 Å². The molecule has 0 bridgehead atoms. The summed E-state index contributed by atoms with van der Waals surface area (Å²) in [5.74, 6) is -0.626. The maximum absolute atomic E-state index is 12.5. The topological polar surface area (TPSA) is 78.9 Å². The van der Waals surface area contributed by atoms with E-state index >= 15 is 0 Å². The fourth-order valence-corrected chi connectivity index (χ4v) is 4.41. The minimum Gasteiger partial charge on any atom is -0.481 e. The van der Waals surface area contributed by atoms with Crippen molar-refractivity contribution in [3.8, 4) is 0 Å². The Bertz CT molecular complexity index is 479. The average molecular weight is 310 g/mol. The Balaban J connectivity index is 1.61. The highest BCUT2D eigenvalue weighted by atomic mass is 16.5. The lowest BCUT2D eigenvalue weighted by Crippen LogP contribution is -2.50. The minimum atomic E-state index is -0.738. The number of carboxylic acid groups (broad SMARTS) is 1. The van der Waals surface area contributed by atoms with Crippen molar-refractivity contribution in [2.45, 2.75) is 57.6 Å². The van der Waals surface area contributed by atoms with E-state index in [2.05, 4.69) is 5.32 Å². The van der Waals surface area contributed by atoms with Crippen LogP contribution in [-0.2, 0) is 9.53 Å². The first kappa shape index (κ1) is 15.6. The molecule has 3 atom stereocenters. The highest BCUT2D eigenvalue weighted by Gasteiger charge is 2.55. The largest absolute Gasteiger partial charge is 0.481 e. The van der Waals surface area contributed by atoms with Gasteiger partial charge in [0.15, 0.2) is 0 Å². The van der Waals surface area contributed by atoms with Crippen LogP contribution in [0.1, 0.15) is 46.0 Å². The number of urea groups is 1. The van der Waals surface area contributed by atoms with E-state index in [9.17, 15) is 14.7 Å². The molecule has 22 heavy (non-hydrogen) atoms. The zero-order valence-corrected chi connectivity index (χ0v) is 13.4. The lowest BCUT2D eigenvalue weighted by molar-refractivity contribution is -0.149. The molecule has 6 nitrogen and oxygen atoms in total. The molecule has 2 amide bonds. The van der Waals surface area contributed by atoms with Crippen molar-refractivity contribution in [3.63, 3.8) is 0 Å². The van der Waals surface area contributed by atoms with Crippen LogP contribution in [0.3, 0.4) is 0 Å². The van der Waals surface area contributed by atoms with Crippen LogP contribution < -0.4 is 5.32 Å². The predicted octanol–water partition coefficient (Wildman–Crippen LogP) is 1.84. The van der Waals surface area contributed by atoms with E-state index in [1.54, 1.807) is 4.90 Å². The Kier molecular flexibility index (Phi) is 3.83. The van der Waals surface area contributed by atoms with Crippen molar-refractivity contribution in [3.05, 3.63) is 0 Å². The average Bonchev–Trinajstić information content (AvgIpc) is 2.94. The summed E-state index contributed by atoms with van der Waals surface area (Å²) >= 11 is 0. The van der Waals surface area contributed by atoms with Crippen molar-refractivity contribution < 1.29 is 19.4 Å². The van der Waals surface area contributed by atoms with E-state index in [1.807, 2.05) is 13.8 Å². The summed E-state index contributed by atoms with van der Waals surface area (Å²) < 4.78 is 5.67. The molecule has 2 N–H and O–H groups in total. The van der Waals surface area contributed by atoms with Crippen molar-refractivity contribution in [1.29, 1.82) is 0 Å². The first-order chi connectivity index (χ1) is 10.3. The van der Waals surface area contributed by atoms with Crippen LogP contribution in [0, 0.1) is 11.3 Å². The van der Waals surface area contributed by atoms with Crippen molar-refractivity contribution in [1.82, 2.24) is 10.2 Å². The molecule has 124 valence electrons. The molecule has 3 rings (SSSR count). The van der Waals surface area contributed by atoms with E-state index < -0.39 is 11.4 Å². The number of hydrogen-bond donors (Lipinski definition) is 2. The summed E-state index contributed by atoms with van der Waals surface area (Å²) in [6.07, 6.45) is 4.18. The number of amides is 2. The van der Waals surface area contributed by atoms with E-state index in [0.717, 1.165) is 25.7 Å². The molecule has 1 aliphatic carbocycles. The molecule has 3 fully saturated rings. The number of likely N-dealkylation sites (tertiary alicyclic amines) is 1. The molecule has 2 saturated heterocycles. The van der Waals surface area contributed by atoms with Gasteiger partial charge in [0.1, 0.15) is 0 Å². The summed E-state index contributed by atoms with van der Waals surface area (Å²) in [5.41, 5.74) is -0.910. The summed E-state index contributed by atoms with van der Waals surface area (Å²) in [5, 5.41) is 12.7. The molecule has 2 aliphatic heterocycles. The molecule has 1 unspecified atom stereocenters. The fraction of sp³-hybridized carbons (Fsp3) is 0.875. The Hall–Kier alpha value is -1.30. The van der Waals surface area contributed by atoms with Gasteiger partial charge in [-0.25, -0.2) is 4.79 Å². The molecule has 6 heteroatoms. The monoisotopic (exact) mass is 310 g/mol. The second-order valence-corrected chi connectivity index (χ2v) is 7.68. The number of fused-ring (bicyclic) bond motifs is 1. The van der Waals surface area contributed by atoms with Gasteiger partial charge in [0.2, 0.25) is 0 Å². The van der Waals surface area contributed by atoms with Crippen molar-refractivity contribution >= 4 is 12.0 Å². The zero-order chi connectivity index (χ0) is 16.0. The van der Waals surface area contributed by atoms with Gasteiger partial charge in [-0.2, -0.15) is 0 Å². The van der Waals surface area contributed by atoms with Crippen LogP contribution in [0.4, 0.5) is 4.79 Å². The standard InChI is InChI=1S/C16H26N2O4/c1-15(2)8-12(5-7-22-15)17-14(21)18-9-11-4-3-6-16(11,10-18)13(19)20/h11-12H,3-10H2,1-2H3,(H,17,21)(H,19,20)/t11-,12?,16+/m0/s1. The third kappa shape index (κ3) is 2.69. The van der Waals surface area contributed by atoms with E-state index in [0.29, 0.717) is 26.1 Å². The quantitative estimate of drug-likeness (QED) is 0.816. The number of nitrogens with zero attached hydrogens (tertiary/aromatic N) is 1. The SMILES string of the molecule is CC1(C)CC(NC(=O)N2C[C@@H]3CCC[C@@]3(C(=O)O)C2)CCO1. The normalized spacial score (nSPS) is 36.9. The molecule has 1 saturated carbocycles. The first-order valence-corrected chi connectivity index (χ1v) is 8.25. The lowest BCUT2D eigenvalue weighted by atomic mass is 9.81. The number of aliphatic carboxylic acids is 1. The number of hydrogen-bond acceptors (Lipinski definition) is 3. The van der Waals surface area contributed by atoms with Gasteiger partial charge in [-0.3, -0.25) is 4.79 Å². The Morgan fingerprint density at radius 1 is 1.32 bits per heavy atom. The number of carboxylic acids is 1. The Morgan fingerprint density at radius 2 is 2.09 bits per heavy atom. The van der Waals surface area contributed by atoms with Crippen LogP contribution in [0.25, 0.3) is 0 Å². The number of nitrogens with one attached hydrogen (secondary N) is 1. The van der Waals surface area contributed by atoms with E-state index in [-0.39, 0.29) is 23.6 Å². The molecule has 0 radical (unpaired) electrons. The lowest BCUT2D eigenvalue weighted by Gasteiger charge is -2.36. The van der Waals surface area contributed by atoms with Gasteiger partial charge in [0.05, 0.1) is 11.0 Å². The molecule has 3 aliphatic rings. The Morgan fingerprint density at radius 3 is 2.73 bits per heavy atom. The second-order valence-electron chi connectivity index (χ2n) is 7.68. The van der Waals surface area contributed by atoms with Gasteiger partial charge in [0.25, 0.3) is 0 Å². The smallest absolute Gasteiger partial charge is 0.317 e.